The molecule has 9 heteroatoms. The van der Waals surface area contributed by atoms with Crippen molar-refractivity contribution in [2.75, 3.05) is 0 Å². The summed E-state index contributed by atoms with van der Waals surface area (Å²) < 4.78 is 25.0. The van der Waals surface area contributed by atoms with Crippen molar-refractivity contribution in [3.63, 3.8) is 0 Å². The van der Waals surface area contributed by atoms with Gasteiger partial charge in [0.25, 0.3) is 15.7 Å². The minimum atomic E-state index is -4.08. The van der Waals surface area contributed by atoms with E-state index in [4.69, 9.17) is 11.6 Å². The highest BCUT2D eigenvalue weighted by atomic mass is 35.5. The molecule has 0 aliphatic heterocycles. The second-order valence-corrected chi connectivity index (χ2v) is 8.47. The molecule has 150 valence electrons. The van der Waals surface area contributed by atoms with Crippen molar-refractivity contribution in [1.82, 2.24) is 4.83 Å². The standard InChI is InChI=1S/C21H14ClN3O4S/c22-21-18-10-3-1-8-16(18)20(17-9-2-4-11-19(17)21)13-23-24-30(28,29)15-7-5-6-14(12-15)25(26)27/h1-13,24H. The van der Waals surface area contributed by atoms with Crippen molar-refractivity contribution in [1.29, 1.82) is 0 Å². The monoisotopic (exact) mass is 439 g/mol. The summed E-state index contributed by atoms with van der Waals surface area (Å²) in [4.78, 5) is 12.1. The zero-order chi connectivity index (χ0) is 21.3. The Morgan fingerprint density at radius 3 is 2.03 bits per heavy atom. The third kappa shape index (κ3) is 3.58. The van der Waals surface area contributed by atoms with Gasteiger partial charge in [-0.2, -0.15) is 13.5 Å². The number of nitro groups is 1. The van der Waals surface area contributed by atoms with Crippen molar-refractivity contribution >= 4 is 55.1 Å². The summed E-state index contributed by atoms with van der Waals surface area (Å²) >= 11 is 6.56. The highest BCUT2D eigenvalue weighted by Gasteiger charge is 2.17. The average Bonchev–Trinajstić information content (AvgIpc) is 2.76. The van der Waals surface area contributed by atoms with Gasteiger partial charge in [0.15, 0.2) is 0 Å². The molecule has 7 nitrogen and oxygen atoms in total. The van der Waals surface area contributed by atoms with Gasteiger partial charge >= 0.3 is 0 Å². The normalized spacial score (nSPS) is 11.9. The Hall–Kier alpha value is -3.49. The Morgan fingerprint density at radius 1 is 0.900 bits per heavy atom. The molecule has 1 N–H and O–H groups in total. The summed E-state index contributed by atoms with van der Waals surface area (Å²) in [6, 6.07) is 19.7. The number of sulfonamides is 1. The molecule has 0 fully saturated rings. The Morgan fingerprint density at radius 2 is 1.47 bits per heavy atom. The maximum Gasteiger partial charge on any atom is 0.276 e. The van der Waals surface area contributed by atoms with Gasteiger partial charge in [0, 0.05) is 28.5 Å². The molecule has 4 aromatic rings. The lowest BCUT2D eigenvalue weighted by atomic mass is 9.97. The molecule has 0 radical (unpaired) electrons. The Kier molecular flexibility index (Phi) is 5.11. The van der Waals surface area contributed by atoms with E-state index < -0.39 is 14.9 Å². The molecular formula is C21H14ClN3O4S. The van der Waals surface area contributed by atoms with Gasteiger partial charge in [0.1, 0.15) is 0 Å². The summed E-state index contributed by atoms with van der Waals surface area (Å²) in [6.45, 7) is 0. The van der Waals surface area contributed by atoms with Gasteiger partial charge in [-0.05, 0) is 16.8 Å². The molecule has 0 saturated heterocycles. The molecule has 30 heavy (non-hydrogen) atoms. The number of nitrogens with zero attached hydrogens (tertiary/aromatic N) is 2. The maximum atomic E-state index is 12.5. The molecule has 0 spiro atoms. The molecule has 0 atom stereocenters. The number of hydrazone groups is 1. The highest BCUT2D eigenvalue weighted by Crippen LogP contribution is 2.35. The topological polar surface area (TPSA) is 102 Å². The molecule has 0 amide bonds. The van der Waals surface area contributed by atoms with E-state index in [1.807, 2.05) is 48.5 Å². The van der Waals surface area contributed by atoms with Gasteiger partial charge in [-0.1, -0.05) is 66.2 Å². The zero-order valence-corrected chi connectivity index (χ0v) is 16.9. The van der Waals surface area contributed by atoms with Gasteiger partial charge in [-0.15, -0.1) is 0 Å². The first kappa shape index (κ1) is 19.8. The minimum Gasteiger partial charge on any atom is -0.258 e. The number of hydrogen-bond acceptors (Lipinski definition) is 5. The smallest absolute Gasteiger partial charge is 0.258 e. The number of non-ortho nitro benzene ring substituents is 1. The van der Waals surface area contributed by atoms with E-state index in [1.54, 1.807) is 0 Å². The van der Waals surface area contributed by atoms with Crippen LogP contribution in [-0.4, -0.2) is 19.6 Å². The molecule has 0 saturated carbocycles. The fraction of sp³-hybridized carbons (Fsp3) is 0. The van der Waals surface area contributed by atoms with Crippen LogP contribution in [0.1, 0.15) is 5.56 Å². The number of hydrogen-bond donors (Lipinski definition) is 1. The lowest BCUT2D eigenvalue weighted by Crippen LogP contribution is -2.18. The Labute approximate surface area is 176 Å². The van der Waals surface area contributed by atoms with Crippen LogP contribution in [0.4, 0.5) is 5.69 Å². The number of nitrogens with one attached hydrogen (secondary N) is 1. The molecule has 4 rings (SSSR count). The molecule has 0 aromatic heterocycles. The molecule has 0 unspecified atom stereocenters. The summed E-state index contributed by atoms with van der Waals surface area (Å²) in [5, 5.41) is 18.7. The average molecular weight is 440 g/mol. The minimum absolute atomic E-state index is 0.250. The van der Waals surface area contributed by atoms with Crippen LogP contribution in [0.3, 0.4) is 0 Å². The highest BCUT2D eigenvalue weighted by molar-refractivity contribution is 7.89. The fourth-order valence-electron chi connectivity index (χ4n) is 3.23. The molecular weight excluding hydrogens is 426 g/mol. The Bertz CT molecular complexity index is 1380. The molecule has 4 aromatic carbocycles. The number of halogens is 1. The number of fused-ring (bicyclic) bond motifs is 2. The largest absolute Gasteiger partial charge is 0.276 e. The first-order valence-electron chi connectivity index (χ1n) is 8.77. The SMILES string of the molecule is O=[N+]([O-])c1cccc(S(=O)(=O)NN=Cc2c3ccccc3c(Cl)c3ccccc23)c1. The quantitative estimate of drug-likeness (QED) is 0.207. The number of nitro benzene ring substituents is 1. The summed E-state index contributed by atoms with van der Waals surface area (Å²) in [6.07, 6.45) is 1.41. The van der Waals surface area contributed by atoms with E-state index in [0.29, 0.717) is 10.6 Å². The van der Waals surface area contributed by atoms with Gasteiger partial charge in [0.2, 0.25) is 0 Å². The van der Waals surface area contributed by atoms with Crippen LogP contribution in [0.2, 0.25) is 5.02 Å². The van der Waals surface area contributed by atoms with Crippen LogP contribution in [0.15, 0.2) is 82.8 Å². The molecule has 0 aliphatic rings. The summed E-state index contributed by atoms with van der Waals surface area (Å²) in [7, 11) is -4.08. The first-order valence-corrected chi connectivity index (χ1v) is 10.6. The van der Waals surface area contributed by atoms with Crippen molar-refractivity contribution < 1.29 is 13.3 Å². The Balaban J connectivity index is 1.76. The third-order valence-corrected chi connectivity index (χ3v) is 6.24. The van der Waals surface area contributed by atoms with Crippen molar-refractivity contribution in [2.24, 2.45) is 5.10 Å². The second kappa shape index (κ2) is 7.74. The van der Waals surface area contributed by atoms with Crippen molar-refractivity contribution in [3.8, 4) is 0 Å². The number of rotatable bonds is 5. The van der Waals surface area contributed by atoms with Crippen molar-refractivity contribution in [3.05, 3.63) is 93.5 Å². The van der Waals surface area contributed by atoms with E-state index in [-0.39, 0.29) is 10.6 Å². The lowest BCUT2D eigenvalue weighted by molar-refractivity contribution is -0.385. The van der Waals surface area contributed by atoms with Crippen LogP contribution in [0, 0.1) is 10.1 Å². The van der Waals surface area contributed by atoms with Crippen LogP contribution in [0.25, 0.3) is 21.5 Å². The van der Waals surface area contributed by atoms with Gasteiger partial charge < -0.3 is 0 Å². The summed E-state index contributed by atoms with van der Waals surface area (Å²) in [5.74, 6) is 0. The maximum absolute atomic E-state index is 12.5. The van der Waals surface area contributed by atoms with E-state index >= 15 is 0 Å². The lowest BCUT2D eigenvalue weighted by Gasteiger charge is -2.10. The van der Waals surface area contributed by atoms with E-state index in [9.17, 15) is 18.5 Å². The number of benzene rings is 4. The van der Waals surface area contributed by atoms with E-state index in [0.717, 1.165) is 27.6 Å². The molecule has 0 bridgehead atoms. The van der Waals surface area contributed by atoms with Gasteiger partial charge in [-0.25, -0.2) is 4.83 Å². The van der Waals surface area contributed by atoms with Gasteiger partial charge in [0.05, 0.1) is 21.1 Å². The van der Waals surface area contributed by atoms with Crippen LogP contribution >= 0.6 is 11.6 Å². The molecule has 0 heterocycles. The van der Waals surface area contributed by atoms with E-state index in [2.05, 4.69) is 9.93 Å². The van der Waals surface area contributed by atoms with Crippen LogP contribution in [0.5, 0.6) is 0 Å². The fourth-order valence-corrected chi connectivity index (χ4v) is 4.39. The third-order valence-electron chi connectivity index (χ3n) is 4.61. The molecule has 0 aliphatic carbocycles. The summed E-state index contributed by atoms with van der Waals surface area (Å²) in [5.41, 5.74) is 0.379. The predicted molar refractivity (Wildman–Crippen MR) is 117 cm³/mol. The second-order valence-electron chi connectivity index (χ2n) is 6.43. The van der Waals surface area contributed by atoms with E-state index in [1.165, 1.54) is 24.4 Å². The van der Waals surface area contributed by atoms with Gasteiger partial charge in [-0.3, -0.25) is 10.1 Å². The first-order chi connectivity index (χ1) is 14.4. The predicted octanol–water partition coefficient (Wildman–Crippen LogP) is 4.87. The van der Waals surface area contributed by atoms with Crippen LogP contribution < -0.4 is 4.83 Å². The van der Waals surface area contributed by atoms with Crippen molar-refractivity contribution in [2.45, 2.75) is 4.90 Å². The van der Waals surface area contributed by atoms with Crippen LogP contribution in [-0.2, 0) is 10.0 Å². The zero-order valence-electron chi connectivity index (χ0n) is 15.3.